The van der Waals surface area contributed by atoms with Crippen LogP contribution in [-0.4, -0.2) is 0 Å². The average molecular weight is 569 g/mol. The summed E-state index contributed by atoms with van der Waals surface area (Å²) in [7, 11) is 0. The third-order valence-corrected chi connectivity index (χ3v) is 7.83. The number of fused-ring (bicyclic) bond motifs is 1. The topological polar surface area (TPSA) is 24.9 Å². The Morgan fingerprint density at radius 1 is 0.295 bits per heavy atom. The minimum absolute atomic E-state index is 0.660. The van der Waals surface area contributed by atoms with Gasteiger partial charge in [-0.15, -0.1) is 0 Å². The number of ether oxygens (including phenoxy) is 2. The van der Waals surface area contributed by atoms with Crippen molar-refractivity contribution < 1.29 is 9.47 Å². The lowest BCUT2D eigenvalue weighted by Gasteiger charge is -2.26. The molecule has 4 nitrogen and oxygen atoms in total. The van der Waals surface area contributed by atoms with Crippen LogP contribution in [0.2, 0.25) is 0 Å². The number of rotatable bonds is 6. The fourth-order valence-electron chi connectivity index (χ4n) is 5.87. The maximum absolute atomic E-state index is 6.71. The summed E-state index contributed by atoms with van der Waals surface area (Å²) in [4.78, 5) is 4.47. The molecule has 4 heteroatoms. The van der Waals surface area contributed by atoms with E-state index in [1.807, 2.05) is 42.5 Å². The molecular weight excluding hydrogens is 540 g/mol. The van der Waals surface area contributed by atoms with E-state index in [4.69, 9.17) is 9.47 Å². The van der Waals surface area contributed by atoms with E-state index in [1.165, 1.54) is 0 Å². The van der Waals surface area contributed by atoms with Crippen molar-refractivity contribution in [3.05, 3.63) is 170 Å². The smallest absolute Gasteiger partial charge is 0.172 e. The van der Waals surface area contributed by atoms with E-state index < -0.39 is 0 Å². The molecule has 0 aromatic heterocycles. The summed E-state index contributed by atoms with van der Waals surface area (Å²) in [5, 5.41) is 1.98. The molecular formula is C40H28N2O2. The summed E-state index contributed by atoms with van der Waals surface area (Å²) in [6.07, 6.45) is 0. The highest BCUT2D eigenvalue weighted by atomic mass is 16.5. The van der Waals surface area contributed by atoms with E-state index in [9.17, 15) is 0 Å². The maximum Gasteiger partial charge on any atom is 0.172 e. The lowest BCUT2D eigenvalue weighted by Crippen LogP contribution is -2.10. The van der Waals surface area contributed by atoms with Gasteiger partial charge < -0.3 is 19.3 Å². The normalized spacial score (nSPS) is 11.5. The van der Waals surface area contributed by atoms with Crippen molar-refractivity contribution in [2.45, 2.75) is 0 Å². The van der Waals surface area contributed by atoms with Crippen LogP contribution < -0.4 is 19.3 Å². The van der Waals surface area contributed by atoms with Crippen LogP contribution in [0.1, 0.15) is 0 Å². The Balaban J connectivity index is 1.25. The van der Waals surface area contributed by atoms with Crippen LogP contribution in [0.5, 0.6) is 23.0 Å². The van der Waals surface area contributed by atoms with Gasteiger partial charge >= 0.3 is 0 Å². The summed E-state index contributed by atoms with van der Waals surface area (Å²) < 4.78 is 13.4. The Kier molecular flexibility index (Phi) is 6.43. The van der Waals surface area contributed by atoms with Crippen molar-refractivity contribution >= 4 is 44.9 Å². The summed E-state index contributed by atoms with van der Waals surface area (Å²) in [6, 6.07) is 58.1. The molecule has 0 N–H and O–H groups in total. The Hall–Kier alpha value is -6.00. The highest BCUT2D eigenvalue weighted by Crippen LogP contribution is 2.50. The van der Waals surface area contributed by atoms with Gasteiger partial charge in [-0.3, -0.25) is 0 Å². The van der Waals surface area contributed by atoms with Gasteiger partial charge in [0.15, 0.2) is 11.5 Å². The zero-order valence-electron chi connectivity index (χ0n) is 23.9. The van der Waals surface area contributed by atoms with Gasteiger partial charge in [-0.25, -0.2) is 0 Å². The first-order chi connectivity index (χ1) is 21.8. The van der Waals surface area contributed by atoms with E-state index in [2.05, 4.69) is 137 Å². The van der Waals surface area contributed by atoms with Crippen molar-refractivity contribution in [1.29, 1.82) is 0 Å². The minimum atomic E-state index is 0.660. The van der Waals surface area contributed by atoms with Gasteiger partial charge in [0, 0.05) is 34.9 Å². The molecule has 0 fully saturated rings. The molecule has 210 valence electrons. The SMILES string of the molecule is c1ccc(N(c2ccccc2)c2ccc3c(c2)Oc2cccc4cc(N(c5ccccc5)c5ccccc5)cc(c24)O3)cc1. The predicted molar refractivity (Wildman–Crippen MR) is 180 cm³/mol. The van der Waals surface area contributed by atoms with E-state index >= 15 is 0 Å². The molecule has 0 amide bonds. The van der Waals surface area contributed by atoms with Crippen LogP contribution in [0, 0.1) is 0 Å². The van der Waals surface area contributed by atoms with Gasteiger partial charge in [-0.1, -0.05) is 84.9 Å². The van der Waals surface area contributed by atoms with Crippen LogP contribution in [-0.2, 0) is 0 Å². The van der Waals surface area contributed by atoms with Crippen LogP contribution in [0.3, 0.4) is 0 Å². The molecule has 8 rings (SSSR count). The Morgan fingerprint density at radius 3 is 1.32 bits per heavy atom. The highest BCUT2D eigenvalue weighted by molar-refractivity contribution is 5.99. The zero-order chi connectivity index (χ0) is 29.3. The third kappa shape index (κ3) is 4.69. The van der Waals surface area contributed by atoms with Crippen molar-refractivity contribution in [1.82, 2.24) is 0 Å². The van der Waals surface area contributed by atoms with Crippen LogP contribution >= 0.6 is 0 Å². The Bertz CT molecular complexity index is 1990. The lowest BCUT2D eigenvalue weighted by molar-refractivity contribution is 0.439. The van der Waals surface area contributed by atoms with Crippen molar-refractivity contribution in [2.75, 3.05) is 9.80 Å². The molecule has 1 aliphatic rings. The Labute approximate surface area is 256 Å². The van der Waals surface area contributed by atoms with Crippen molar-refractivity contribution in [3.8, 4) is 23.0 Å². The largest absolute Gasteiger partial charge is 0.453 e. The van der Waals surface area contributed by atoms with Gasteiger partial charge in [0.2, 0.25) is 0 Å². The number of benzene rings is 7. The average Bonchev–Trinajstić information content (AvgIpc) is 3.24. The van der Waals surface area contributed by atoms with Gasteiger partial charge in [0.1, 0.15) is 11.5 Å². The van der Waals surface area contributed by atoms with Crippen molar-refractivity contribution in [2.24, 2.45) is 0 Å². The first-order valence-electron chi connectivity index (χ1n) is 14.7. The Morgan fingerprint density at radius 2 is 0.773 bits per heavy atom. The molecule has 7 aromatic carbocycles. The van der Waals surface area contributed by atoms with E-state index in [-0.39, 0.29) is 0 Å². The molecule has 1 heterocycles. The molecule has 0 unspecified atom stereocenters. The van der Waals surface area contributed by atoms with E-state index in [0.29, 0.717) is 11.5 Å². The molecule has 0 spiro atoms. The second kappa shape index (κ2) is 11.0. The van der Waals surface area contributed by atoms with Gasteiger partial charge in [0.25, 0.3) is 0 Å². The second-order valence-electron chi connectivity index (χ2n) is 10.6. The first kappa shape index (κ1) is 25.7. The monoisotopic (exact) mass is 568 g/mol. The number of para-hydroxylation sites is 4. The second-order valence-corrected chi connectivity index (χ2v) is 10.6. The molecule has 1 aliphatic heterocycles. The summed E-state index contributed by atoms with van der Waals surface area (Å²) in [6.45, 7) is 0. The summed E-state index contributed by atoms with van der Waals surface area (Å²) in [5.74, 6) is 2.83. The molecule has 0 saturated carbocycles. The predicted octanol–water partition coefficient (Wildman–Crippen LogP) is 11.7. The number of nitrogens with zero attached hydrogens (tertiary/aromatic N) is 2. The van der Waals surface area contributed by atoms with Crippen molar-refractivity contribution in [3.63, 3.8) is 0 Å². The number of hydrogen-bond donors (Lipinski definition) is 0. The van der Waals surface area contributed by atoms with Gasteiger partial charge in [-0.2, -0.15) is 0 Å². The fourth-order valence-corrected chi connectivity index (χ4v) is 5.87. The summed E-state index contributed by atoms with van der Waals surface area (Å²) in [5.41, 5.74) is 6.23. The first-order valence-corrected chi connectivity index (χ1v) is 14.7. The molecule has 0 saturated heterocycles. The number of anilines is 6. The van der Waals surface area contributed by atoms with Crippen LogP contribution in [0.4, 0.5) is 34.1 Å². The standard InChI is InChI=1S/C40H28N2O2/c1-5-15-30(16-6-1)41(31-17-7-2-8-18-31)34-24-25-36-38(27-34)44-37-23-13-14-29-26-35(28-39(43-36)40(29)37)42(32-19-9-3-10-20-32)33-21-11-4-12-22-33/h1-28H. The molecule has 0 bridgehead atoms. The van der Waals surface area contributed by atoms with Gasteiger partial charge in [0.05, 0.1) is 16.8 Å². The van der Waals surface area contributed by atoms with E-state index in [0.717, 1.165) is 56.4 Å². The maximum atomic E-state index is 6.71. The van der Waals surface area contributed by atoms with Crippen LogP contribution in [0.25, 0.3) is 10.8 Å². The van der Waals surface area contributed by atoms with E-state index in [1.54, 1.807) is 0 Å². The quantitative estimate of drug-likeness (QED) is 0.199. The lowest BCUT2D eigenvalue weighted by atomic mass is 10.1. The zero-order valence-corrected chi connectivity index (χ0v) is 23.9. The van der Waals surface area contributed by atoms with Gasteiger partial charge in [-0.05, 0) is 78.2 Å². The minimum Gasteiger partial charge on any atom is -0.453 e. The fraction of sp³-hybridized carbons (Fsp3) is 0. The summed E-state index contributed by atoms with van der Waals surface area (Å²) >= 11 is 0. The molecule has 0 radical (unpaired) electrons. The highest BCUT2D eigenvalue weighted by Gasteiger charge is 2.23. The third-order valence-electron chi connectivity index (χ3n) is 7.83. The molecule has 0 aliphatic carbocycles. The molecule has 44 heavy (non-hydrogen) atoms. The molecule has 0 atom stereocenters. The number of hydrogen-bond acceptors (Lipinski definition) is 4. The van der Waals surface area contributed by atoms with Crippen LogP contribution in [0.15, 0.2) is 170 Å². The molecule has 7 aromatic rings.